The molecule has 0 radical (unpaired) electrons. The molecule has 21 heavy (non-hydrogen) atoms. The highest BCUT2D eigenvalue weighted by Gasteiger charge is 2.08. The first-order chi connectivity index (χ1) is 10.2. The van der Waals surface area contributed by atoms with Crippen LogP contribution in [0.15, 0.2) is 24.3 Å². The first kappa shape index (κ1) is 14.8. The number of nitrogen functional groups attached to an aromatic ring is 1. The predicted octanol–water partition coefficient (Wildman–Crippen LogP) is 2.38. The van der Waals surface area contributed by atoms with Crippen LogP contribution in [0.5, 0.6) is 11.8 Å². The molecule has 7 nitrogen and oxygen atoms in total. The molecule has 2 rings (SSSR count). The van der Waals surface area contributed by atoms with Crippen LogP contribution in [0.2, 0.25) is 0 Å². The first-order valence-corrected chi connectivity index (χ1v) is 6.86. The molecule has 0 bridgehead atoms. The summed E-state index contributed by atoms with van der Waals surface area (Å²) in [5.41, 5.74) is 6.42. The van der Waals surface area contributed by atoms with Gasteiger partial charge in [0.15, 0.2) is 0 Å². The number of hydrogen-bond acceptors (Lipinski definition) is 7. The van der Waals surface area contributed by atoms with Crippen molar-refractivity contribution in [3.05, 3.63) is 24.3 Å². The summed E-state index contributed by atoms with van der Waals surface area (Å²) in [5, 5.41) is 3.07. The highest BCUT2D eigenvalue weighted by Crippen LogP contribution is 2.26. The number of hydrogen-bond donors (Lipinski definition) is 2. The van der Waals surface area contributed by atoms with Gasteiger partial charge in [-0.15, -0.1) is 0 Å². The Kier molecular flexibility index (Phi) is 5.14. The van der Waals surface area contributed by atoms with Gasteiger partial charge < -0.3 is 20.5 Å². The molecule has 0 saturated carbocycles. The second kappa shape index (κ2) is 7.28. The number of nitrogens with two attached hydrogens (primary N) is 1. The molecule has 0 amide bonds. The average Bonchev–Trinajstić information content (AvgIpc) is 2.47. The van der Waals surface area contributed by atoms with Crippen molar-refractivity contribution >= 4 is 17.6 Å². The summed E-state index contributed by atoms with van der Waals surface area (Å²) in [6.07, 6.45) is 0.863. The van der Waals surface area contributed by atoms with Crippen molar-refractivity contribution in [1.82, 2.24) is 15.0 Å². The molecule has 0 aliphatic carbocycles. The number of anilines is 3. The van der Waals surface area contributed by atoms with Crippen molar-refractivity contribution in [2.45, 2.75) is 20.3 Å². The molecule has 1 heterocycles. The molecule has 0 spiro atoms. The Balaban J connectivity index is 2.21. The van der Waals surface area contributed by atoms with Crippen molar-refractivity contribution in [3.8, 4) is 11.8 Å². The summed E-state index contributed by atoms with van der Waals surface area (Å²) in [6, 6.07) is 7.74. The molecule has 0 saturated heterocycles. The highest BCUT2D eigenvalue weighted by molar-refractivity contribution is 5.62. The smallest absolute Gasteiger partial charge is 0.323 e. The standard InChI is InChI=1S/C14H19N5O2/c1-3-9-21-14-18-12(15)17-13(19-14)16-10-7-5-6-8-11(10)20-4-2/h5-8H,3-4,9H2,1-2H3,(H3,15,16,17,18,19). The van der Waals surface area contributed by atoms with E-state index in [-0.39, 0.29) is 12.0 Å². The van der Waals surface area contributed by atoms with E-state index >= 15 is 0 Å². The van der Waals surface area contributed by atoms with Crippen LogP contribution in [0.25, 0.3) is 0 Å². The second-order valence-electron chi connectivity index (χ2n) is 4.20. The molecular weight excluding hydrogens is 270 g/mol. The van der Waals surface area contributed by atoms with Gasteiger partial charge in [0.25, 0.3) is 0 Å². The summed E-state index contributed by atoms with van der Waals surface area (Å²) >= 11 is 0. The fourth-order valence-electron chi connectivity index (χ4n) is 1.66. The van der Waals surface area contributed by atoms with Crippen molar-refractivity contribution in [1.29, 1.82) is 0 Å². The third-order valence-corrected chi connectivity index (χ3v) is 2.50. The zero-order valence-corrected chi connectivity index (χ0v) is 12.2. The van der Waals surface area contributed by atoms with Crippen molar-refractivity contribution < 1.29 is 9.47 Å². The fourth-order valence-corrected chi connectivity index (χ4v) is 1.66. The van der Waals surface area contributed by atoms with Gasteiger partial charge >= 0.3 is 6.01 Å². The molecule has 0 atom stereocenters. The molecule has 0 aliphatic rings. The van der Waals surface area contributed by atoms with E-state index in [2.05, 4.69) is 20.3 Å². The van der Waals surface area contributed by atoms with Gasteiger partial charge in [0.1, 0.15) is 5.75 Å². The van der Waals surface area contributed by atoms with Crippen LogP contribution in [0, 0.1) is 0 Å². The Labute approximate surface area is 123 Å². The minimum atomic E-state index is 0.104. The minimum Gasteiger partial charge on any atom is -0.492 e. The number of nitrogens with zero attached hydrogens (tertiary/aromatic N) is 3. The van der Waals surface area contributed by atoms with Gasteiger partial charge in [-0.25, -0.2) is 0 Å². The molecule has 1 aromatic heterocycles. The van der Waals surface area contributed by atoms with E-state index in [0.29, 0.717) is 19.2 Å². The SMILES string of the molecule is CCCOc1nc(N)nc(Nc2ccccc2OCC)n1. The van der Waals surface area contributed by atoms with E-state index in [0.717, 1.165) is 17.9 Å². The molecule has 0 unspecified atom stereocenters. The van der Waals surface area contributed by atoms with Crippen LogP contribution < -0.4 is 20.5 Å². The van der Waals surface area contributed by atoms with E-state index in [4.69, 9.17) is 15.2 Å². The third kappa shape index (κ3) is 4.20. The molecule has 1 aromatic carbocycles. The van der Waals surface area contributed by atoms with Gasteiger partial charge in [0.2, 0.25) is 11.9 Å². The van der Waals surface area contributed by atoms with Gasteiger partial charge in [0, 0.05) is 0 Å². The van der Waals surface area contributed by atoms with Crippen LogP contribution in [0.4, 0.5) is 17.6 Å². The summed E-state index contributed by atoms with van der Waals surface area (Å²) in [7, 11) is 0. The molecular formula is C14H19N5O2. The maximum absolute atomic E-state index is 5.67. The Morgan fingerprint density at radius 2 is 1.90 bits per heavy atom. The molecule has 112 valence electrons. The molecule has 7 heteroatoms. The van der Waals surface area contributed by atoms with E-state index in [1.807, 2.05) is 38.1 Å². The monoisotopic (exact) mass is 289 g/mol. The Morgan fingerprint density at radius 3 is 2.67 bits per heavy atom. The number of aromatic nitrogens is 3. The van der Waals surface area contributed by atoms with E-state index in [1.165, 1.54) is 0 Å². The summed E-state index contributed by atoms with van der Waals surface area (Å²) in [6.45, 7) is 5.03. The number of benzene rings is 1. The number of rotatable bonds is 7. The van der Waals surface area contributed by atoms with Gasteiger partial charge in [-0.1, -0.05) is 19.1 Å². The van der Waals surface area contributed by atoms with E-state index in [9.17, 15) is 0 Å². The lowest BCUT2D eigenvalue weighted by Gasteiger charge is -2.11. The third-order valence-electron chi connectivity index (χ3n) is 2.50. The summed E-state index contributed by atoms with van der Waals surface area (Å²) in [4.78, 5) is 12.2. The van der Waals surface area contributed by atoms with Crippen molar-refractivity contribution in [3.63, 3.8) is 0 Å². The Bertz CT molecular complexity index is 591. The minimum absolute atomic E-state index is 0.104. The van der Waals surface area contributed by atoms with Crippen LogP contribution in [0.3, 0.4) is 0 Å². The molecule has 3 N–H and O–H groups in total. The largest absolute Gasteiger partial charge is 0.492 e. The quantitative estimate of drug-likeness (QED) is 0.807. The number of nitrogens with one attached hydrogen (secondary N) is 1. The average molecular weight is 289 g/mol. The van der Waals surface area contributed by atoms with E-state index < -0.39 is 0 Å². The van der Waals surface area contributed by atoms with E-state index in [1.54, 1.807) is 0 Å². The maximum Gasteiger partial charge on any atom is 0.323 e. The first-order valence-electron chi connectivity index (χ1n) is 6.86. The zero-order valence-electron chi connectivity index (χ0n) is 12.2. The van der Waals surface area contributed by atoms with Crippen LogP contribution in [0.1, 0.15) is 20.3 Å². The predicted molar refractivity (Wildman–Crippen MR) is 80.9 cm³/mol. The molecule has 2 aromatic rings. The van der Waals surface area contributed by atoms with Crippen molar-refractivity contribution in [2.24, 2.45) is 0 Å². The second-order valence-corrected chi connectivity index (χ2v) is 4.20. The summed E-state index contributed by atoms with van der Waals surface area (Å²) < 4.78 is 10.9. The van der Waals surface area contributed by atoms with Crippen LogP contribution in [-0.2, 0) is 0 Å². The zero-order chi connectivity index (χ0) is 15.1. The van der Waals surface area contributed by atoms with Crippen molar-refractivity contribution in [2.75, 3.05) is 24.3 Å². The molecule has 0 aliphatic heterocycles. The fraction of sp³-hybridized carbons (Fsp3) is 0.357. The maximum atomic E-state index is 5.67. The van der Waals surface area contributed by atoms with Crippen LogP contribution in [-0.4, -0.2) is 28.2 Å². The lowest BCUT2D eigenvalue weighted by molar-refractivity contribution is 0.292. The Morgan fingerprint density at radius 1 is 1.10 bits per heavy atom. The van der Waals surface area contributed by atoms with Gasteiger partial charge in [-0.3, -0.25) is 0 Å². The van der Waals surface area contributed by atoms with Gasteiger partial charge in [-0.2, -0.15) is 15.0 Å². The van der Waals surface area contributed by atoms with Gasteiger partial charge in [-0.05, 0) is 25.5 Å². The lowest BCUT2D eigenvalue weighted by atomic mass is 10.3. The summed E-state index contributed by atoms with van der Waals surface area (Å²) in [5.74, 6) is 1.14. The topological polar surface area (TPSA) is 95.2 Å². The Hall–Kier alpha value is -2.57. The molecule has 0 fully saturated rings. The lowest BCUT2D eigenvalue weighted by Crippen LogP contribution is -2.08. The van der Waals surface area contributed by atoms with Gasteiger partial charge in [0.05, 0.1) is 18.9 Å². The van der Waals surface area contributed by atoms with Crippen LogP contribution >= 0.6 is 0 Å². The normalized spacial score (nSPS) is 10.2. The number of ether oxygens (including phenoxy) is 2. The highest BCUT2D eigenvalue weighted by atomic mass is 16.5. The number of para-hydroxylation sites is 2.